The van der Waals surface area contributed by atoms with Crippen molar-refractivity contribution in [3.05, 3.63) is 81.5 Å². The van der Waals surface area contributed by atoms with Crippen LogP contribution in [0, 0.1) is 25.2 Å². The normalized spacial score (nSPS) is 10.2. The number of benzene rings is 2. The molecule has 0 aliphatic rings. The fourth-order valence-corrected chi connectivity index (χ4v) is 3.90. The Morgan fingerprint density at radius 2 is 1.82 bits per heavy atom. The van der Waals surface area contributed by atoms with Crippen molar-refractivity contribution in [2.24, 2.45) is 0 Å². The zero-order chi connectivity index (χ0) is 23.8. The third-order valence-electron chi connectivity index (χ3n) is 4.69. The van der Waals surface area contributed by atoms with Crippen LogP contribution in [-0.4, -0.2) is 30.9 Å². The summed E-state index contributed by atoms with van der Waals surface area (Å²) in [6.07, 6.45) is 0.151. The minimum atomic E-state index is -0.684. The molecule has 33 heavy (non-hydrogen) atoms. The van der Waals surface area contributed by atoms with Gasteiger partial charge in [0.1, 0.15) is 0 Å². The predicted octanol–water partition coefficient (Wildman–Crippen LogP) is 4.72. The van der Waals surface area contributed by atoms with E-state index in [2.05, 4.69) is 5.32 Å². The van der Waals surface area contributed by atoms with E-state index in [4.69, 9.17) is 10.00 Å². The third-order valence-corrected chi connectivity index (χ3v) is 5.56. The Labute approximate surface area is 196 Å². The van der Waals surface area contributed by atoms with E-state index in [0.717, 1.165) is 11.1 Å². The number of nitrogens with one attached hydrogen (secondary N) is 1. The van der Waals surface area contributed by atoms with Crippen LogP contribution >= 0.6 is 11.3 Å². The molecule has 8 heteroatoms. The van der Waals surface area contributed by atoms with Crippen molar-refractivity contribution in [3.8, 4) is 6.07 Å². The van der Waals surface area contributed by atoms with Gasteiger partial charge >= 0.3 is 5.97 Å². The number of nitriles is 1. The number of hydrogen-bond acceptors (Lipinski definition) is 6. The van der Waals surface area contributed by atoms with Crippen molar-refractivity contribution in [2.45, 2.75) is 20.3 Å². The van der Waals surface area contributed by atoms with Crippen LogP contribution in [-0.2, 0) is 9.53 Å². The molecule has 2 aromatic carbocycles. The first-order valence-corrected chi connectivity index (χ1v) is 11.1. The van der Waals surface area contributed by atoms with Crippen LogP contribution < -0.4 is 10.2 Å². The van der Waals surface area contributed by atoms with Crippen molar-refractivity contribution in [2.75, 3.05) is 23.4 Å². The maximum atomic E-state index is 12.8. The van der Waals surface area contributed by atoms with E-state index in [9.17, 15) is 14.4 Å². The maximum Gasteiger partial charge on any atom is 0.338 e. The SMILES string of the molecule is Cc1cc(C)cc(N(CCC#N)C(=O)COC(=O)c2cccc(NC(=O)c3cccs3)c2)c1. The van der Waals surface area contributed by atoms with Crippen molar-refractivity contribution in [1.82, 2.24) is 0 Å². The molecule has 0 aliphatic heterocycles. The van der Waals surface area contributed by atoms with Gasteiger partial charge in [-0.25, -0.2) is 4.79 Å². The molecule has 2 amide bonds. The molecule has 7 nitrogen and oxygen atoms in total. The Balaban J connectivity index is 1.66. The van der Waals surface area contributed by atoms with Gasteiger partial charge in [-0.1, -0.05) is 18.2 Å². The Morgan fingerprint density at radius 3 is 2.48 bits per heavy atom. The van der Waals surface area contributed by atoms with E-state index in [1.165, 1.54) is 22.3 Å². The van der Waals surface area contributed by atoms with E-state index >= 15 is 0 Å². The molecular formula is C25H23N3O4S. The number of nitrogens with zero attached hydrogens (tertiary/aromatic N) is 2. The molecule has 0 saturated carbocycles. The highest BCUT2D eigenvalue weighted by molar-refractivity contribution is 7.12. The summed E-state index contributed by atoms with van der Waals surface area (Å²) in [5.74, 6) is -1.38. The van der Waals surface area contributed by atoms with Crippen molar-refractivity contribution < 1.29 is 19.1 Å². The lowest BCUT2D eigenvalue weighted by Gasteiger charge is -2.22. The van der Waals surface area contributed by atoms with E-state index in [-0.39, 0.29) is 24.4 Å². The smallest absolute Gasteiger partial charge is 0.338 e. The van der Waals surface area contributed by atoms with E-state index in [1.807, 2.05) is 38.1 Å². The quantitative estimate of drug-likeness (QED) is 0.489. The minimum Gasteiger partial charge on any atom is -0.452 e. The summed E-state index contributed by atoms with van der Waals surface area (Å²) in [4.78, 5) is 39.6. The van der Waals surface area contributed by atoms with Crippen molar-refractivity contribution in [1.29, 1.82) is 5.26 Å². The van der Waals surface area contributed by atoms with Gasteiger partial charge in [0.25, 0.3) is 11.8 Å². The van der Waals surface area contributed by atoms with Gasteiger partial charge in [-0.15, -0.1) is 11.3 Å². The zero-order valence-corrected chi connectivity index (χ0v) is 19.1. The first kappa shape index (κ1) is 23.7. The molecule has 1 aromatic heterocycles. The Morgan fingerprint density at radius 1 is 1.06 bits per heavy atom. The number of rotatable bonds is 8. The molecule has 3 rings (SSSR count). The largest absolute Gasteiger partial charge is 0.452 e. The first-order valence-electron chi connectivity index (χ1n) is 10.2. The summed E-state index contributed by atoms with van der Waals surface area (Å²) in [6, 6.07) is 17.5. The standard InChI is InChI=1S/C25H23N3O4S/c1-17-12-18(2)14-21(13-17)28(10-5-9-26)23(29)16-32-25(31)19-6-3-7-20(15-19)27-24(30)22-8-4-11-33-22/h3-4,6-8,11-15H,5,10,16H2,1-2H3,(H,27,30). The van der Waals surface area contributed by atoms with Gasteiger partial charge in [-0.05, 0) is 66.8 Å². The number of carbonyl (C=O) groups excluding carboxylic acids is 3. The number of amides is 2. The number of carbonyl (C=O) groups is 3. The van der Waals surface area contributed by atoms with Crippen LogP contribution in [0.25, 0.3) is 0 Å². The lowest BCUT2D eigenvalue weighted by molar-refractivity contribution is -0.121. The Bertz CT molecular complexity index is 1180. The molecule has 0 atom stereocenters. The second-order valence-corrected chi connectivity index (χ2v) is 8.34. The highest BCUT2D eigenvalue weighted by Crippen LogP contribution is 2.20. The lowest BCUT2D eigenvalue weighted by atomic mass is 10.1. The molecule has 1 heterocycles. The monoisotopic (exact) mass is 461 g/mol. The molecular weight excluding hydrogens is 438 g/mol. The summed E-state index contributed by atoms with van der Waals surface area (Å²) in [7, 11) is 0. The highest BCUT2D eigenvalue weighted by atomic mass is 32.1. The van der Waals surface area contributed by atoms with Crippen LogP contribution in [0.2, 0.25) is 0 Å². The highest BCUT2D eigenvalue weighted by Gasteiger charge is 2.19. The summed E-state index contributed by atoms with van der Waals surface area (Å²) in [6.45, 7) is 3.57. The summed E-state index contributed by atoms with van der Waals surface area (Å²) < 4.78 is 5.24. The number of thiophene rings is 1. The van der Waals surface area contributed by atoms with Crippen molar-refractivity contribution in [3.63, 3.8) is 0 Å². The molecule has 0 spiro atoms. The average molecular weight is 462 g/mol. The van der Waals surface area contributed by atoms with Crippen LogP contribution in [0.15, 0.2) is 60.0 Å². The van der Waals surface area contributed by atoms with Gasteiger partial charge < -0.3 is 15.0 Å². The van der Waals surface area contributed by atoms with Crippen LogP contribution in [0.5, 0.6) is 0 Å². The average Bonchev–Trinajstić information content (AvgIpc) is 3.32. The van der Waals surface area contributed by atoms with Crippen LogP contribution in [0.1, 0.15) is 37.6 Å². The fourth-order valence-electron chi connectivity index (χ4n) is 3.28. The fraction of sp³-hybridized carbons (Fsp3) is 0.200. The molecule has 0 saturated heterocycles. The minimum absolute atomic E-state index is 0.151. The Hall–Kier alpha value is -3.96. The van der Waals surface area contributed by atoms with Gasteiger partial charge in [-0.3, -0.25) is 9.59 Å². The maximum absolute atomic E-state index is 12.8. The molecule has 0 radical (unpaired) electrons. The number of esters is 1. The first-order chi connectivity index (χ1) is 15.9. The second kappa shape index (κ2) is 11.1. The third kappa shape index (κ3) is 6.51. The zero-order valence-electron chi connectivity index (χ0n) is 18.3. The summed E-state index contributed by atoms with van der Waals surface area (Å²) in [5.41, 5.74) is 3.28. The number of hydrogen-bond donors (Lipinski definition) is 1. The molecule has 0 fully saturated rings. The summed E-state index contributed by atoms with van der Waals surface area (Å²) in [5, 5.41) is 13.5. The topological polar surface area (TPSA) is 99.5 Å². The van der Waals surface area contributed by atoms with Gasteiger partial charge in [0.15, 0.2) is 6.61 Å². The van der Waals surface area contributed by atoms with Gasteiger partial charge in [-0.2, -0.15) is 5.26 Å². The van der Waals surface area contributed by atoms with Crippen LogP contribution in [0.3, 0.4) is 0 Å². The van der Waals surface area contributed by atoms with E-state index in [0.29, 0.717) is 16.3 Å². The summed E-state index contributed by atoms with van der Waals surface area (Å²) >= 11 is 1.31. The molecule has 168 valence electrons. The number of anilines is 2. The van der Waals surface area contributed by atoms with E-state index < -0.39 is 18.5 Å². The molecule has 0 aliphatic carbocycles. The van der Waals surface area contributed by atoms with Gasteiger partial charge in [0, 0.05) is 17.9 Å². The van der Waals surface area contributed by atoms with Gasteiger partial charge in [0.05, 0.1) is 22.9 Å². The van der Waals surface area contributed by atoms with Crippen LogP contribution in [0.4, 0.5) is 11.4 Å². The predicted molar refractivity (Wildman–Crippen MR) is 127 cm³/mol. The lowest BCUT2D eigenvalue weighted by Crippen LogP contribution is -2.35. The number of aryl methyl sites for hydroxylation is 2. The van der Waals surface area contributed by atoms with E-state index in [1.54, 1.807) is 35.7 Å². The van der Waals surface area contributed by atoms with Crippen molar-refractivity contribution >= 4 is 40.5 Å². The molecule has 0 bridgehead atoms. The molecule has 0 unspecified atom stereocenters. The Kier molecular flexibility index (Phi) is 7.95. The van der Waals surface area contributed by atoms with Gasteiger partial charge in [0.2, 0.25) is 0 Å². The number of ether oxygens (including phenoxy) is 1. The molecule has 3 aromatic rings. The molecule has 1 N–H and O–H groups in total. The second-order valence-electron chi connectivity index (χ2n) is 7.39.